The SMILES string of the molecule is CSCCNC(=O)c1ccc(Br)c(Cl)c1. The van der Waals surface area contributed by atoms with Gasteiger partial charge in [0.25, 0.3) is 5.91 Å². The average molecular weight is 309 g/mol. The molecule has 15 heavy (non-hydrogen) atoms. The first-order chi connectivity index (χ1) is 7.15. The number of hydrogen-bond acceptors (Lipinski definition) is 2. The van der Waals surface area contributed by atoms with Gasteiger partial charge in [0.15, 0.2) is 0 Å². The van der Waals surface area contributed by atoms with Gasteiger partial charge in [-0.05, 0) is 40.4 Å². The molecule has 0 fully saturated rings. The van der Waals surface area contributed by atoms with E-state index in [-0.39, 0.29) is 5.91 Å². The van der Waals surface area contributed by atoms with Crippen molar-refractivity contribution in [3.05, 3.63) is 33.3 Å². The zero-order valence-electron chi connectivity index (χ0n) is 8.22. The summed E-state index contributed by atoms with van der Waals surface area (Å²) in [5.74, 6) is 0.828. The molecule has 0 atom stereocenters. The predicted molar refractivity (Wildman–Crippen MR) is 69.9 cm³/mol. The first-order valence-corrected chi connectivity index (χ1v) is 6.94. The summed E-state index contributed by atoms with van der Waals surface area (Å²) < 4.78 is 0.796. The molecular weight excluding hydrogens is 298 g/mol. The van der Waals surface area contributed by atoms with Crippen LogP contribution in [-0.2, 0) is 0 Å². The summed E-state index contributed by atoms with van der Waals surface area (Å²) in [7, 11) is 0. The number of thioether (sulfide) groups is 1. The molecule has 2 nitrogen and oxygen atoms in total. The number of carbonyl (C=O) groups is 1. The number of halogens is 2. The normalized spacial score (nSPS) is 10.1. The highest BCUT2D eigenvalue weighted by Gasteiger charge is 2.06. The maximum atomic E-state index is 11.6. The molecule has 0 aromatic heterocycles. The van der Waals surface area contributed by atoms with Gasteiger partial charge < -0.3 is 5.32 Å². The fourth-order valence-electron chi connectivity index (χ4n) is 1.01. The van der Waals surface area contributed by atoms with Crippen LogP contribution in [0.4, 0.5) is 0 Å². The quantitative estimate of drug-likeness (QED) is 0.866. The van der Waals surface area contributed by atoms with Crippen LogP contribution < -0.4 is 5.32 Å². The molecule has 0 aliphatic heterocycles. The van der Waals surface area contributed by atoms with Crippen LogP contribution in [0.25, 0.3) is 0 Å². The Kier molecular flexibility index (Phi) is 5.50. The molecule has 5 heteroatoms. The molecule has 0 saturated heterocycles. The zero-order chi connectivity index (χ0) is 11.3. The van der Waals surface area contributed by atoms with E-state index in [9.17, 15) is 4.79 Å². The topological polar surface area (TPSA) is 29.1 Å². The van der Waals surface area contributed by atoms with Gasteiger partial charge >= 0.3 is 0 Å². The van der Waals surface area contributed by atoms with E-state index in [2.05, 4.69) is 21.2 Å². The molecule has 82 valence electrons. The van der Waals surface area contributed by atoms with Crippen molar-refractivity contribution in [2.45, 2.75) is 0 Å². The molecule has 1 aromatic rings. The van der Waals surface area contributed by atoms with Crippen LogP contribution in [0.3, 0.4) is 0 Å². The van der Waals surface area contributed by atoms with E-state index >= 15 is 0 Å². The van der Waals surface area contributed by atoms with Gasteiger partial charge in [-0.2, -0.15) is 11.8 Å². The van der Waals surface area contributed by atoms with Crippen molar-refractivity contribution in [3.8, 4) is 0 Å². The second-order valence-electron chi connectivity index (χ2n) is 2.88. The highest BCUT2D eigenvalue weighted by atomic mass is 79.9. The van der Waals surface area contributed by atoms with Crippen LogP contribution >= 0.6 is 39.3 Å². The first kappa shape index (κ1) is 12.9. The summed E-state index contributed by atoms with van der Waals surface area (Å²) in [5, 5.41) is 3.36. The minimum absolute atomic E-state index is 0.0848. The molecule has 0 unspecified atom stereocenters. The fraction of sp³-hybridized carbons (Fsp3) is 0.300. The summed E-state index contributed by atoms with van der Waals surface area (Å²) in [6.45, 7) is 0.674. The predicted octanol–water partition coefficient (Wildman–Crippen LogP) is 3.20. The third-order valence-corrected chi connectivity index (χ3v) is 3.62. The van der Waals surface area contributed by atoms with E-state index in [0.717, 1.165) is 10.2 Å². The summed E-state index contributed by atoms with van der Waals surface area (Å²) in [6, 6.07) is 5.16. The Morgan fingerprint density at radius 2 is 2.33 bits per heavy atom. The van der Waals surface area contributed by atoms with Gasteiger partial charge in [-0.1, -0.05) is 11.6 Å². The Morgan fingerprint density at radius 3 is 2.93 bits per heavy atom. The van der Waals surface area contributed by atoms with Gasteiger partial charge in [-0.3, -0.25) is 4.79 Å². The number of rotatable bonds is 4. The zero-order valence-corrected chi connectivity index (χ0v) is 11.4. The van der Waals surface area contributed by atoms with E-state index in [1.165, 1.54) is 0 Å². The molecule has 1 amide bonds. The Labute approximate surface area is 107 Å². The van der Waals surface area contributed by atoms with E-state index < -0.39 is 0 Å². The van der Waals surface area contributed by atoms with E-state index in [1.807, 2.05) is 6.26 Å². The third kappa shape index (κ3) is 4.05. The van der Waals surface area contributed by atoms with Crippen molar-refractivity contribution in [3.63, 3.8) is 0 Å². The maximum absolute atomic E-state index is 11.6. The van der Waals surface area contributed by atoms with Gasteiger partial charge in [0, 0.05) is 22.3 Å². The monoisotopic (exact) mass is 307 g/mol. The molecule has 0 radical (unpaired) electrons. The second kappa shape index (κ2) is 6.40. The lowest BCUT2D eigenvalue weighted by Gasteiger charge is -2.04. The number of benzene rings is 1. The Bertz CT molecular complexity index is 359. The van der Waals surface area contributed by atoms with Gasteiger partial charge in [0.05, 0.1) is 5.02 Å². The second-order valence-corrected chi connectivity index (χ2v) is 5.12. The van der Waals surface area contributed by atoms with Crippen molar-refractivity contribution in [1.82, 2.24) is 5.32 Å². The van der Waals surface area contributed by atoms with Crippen LogP contribution in [0.2, 0.25) is 5.02 Å². The summed E-state index contributed by atoms with van der Waals surface area (Å²) in [4.78, 5) is 11.6. The summed E-state index contributed by atoms with van der Waals surface area (Å²) >= 11 is 10.9. The smallest absolute Gasteiger partial charge is 0.251 e. The van der Waals surface area contributed by atoms with Gasteiger partial charge in [-0.15, -0.1) is 0 Å². The standard InChI is InChI=1S/C10H11BrClNOS/c1-15-5-4-13-10(14)7-2-3-8(11)9(12)6-7/h2-3,6H,4-5H2,1H3,(H,13,14). The van der Waals surface area contributed by atoms with E-state index in [1.54, 1.807) is 30.0 Å². The van der Waals surface area contributed by atoms with Crippen LogP contribution in [0.5, 0.6) is 0 Å². The molecule has 1 aromatic carbocycles. The Balaban J connectivity index is 2.62. The van der Waals surface area contributed by atoms with Crippen molar-refractivity contribution >= 4 is 45.2 Å². The van der Waals surface area contributed by atoms with Gasteiger partial charge in [0.2, 0.25) is 0 Å². The lowest BCUT2D eigenvalue weighted by molar-refractivity contribution is 0.0956. The average Bonchev–Trinajstić information content (AvgIpc) is 2.22. The lowest BCUT2D eigenvalue weighted by Crippen LogP contribution is -2.25. The molecule has 1 rings (SSSR count). The number of carbonyl (C=O) groups excluding carboxylic acids is 1. The molecule has 0 bridgehead atoms. The highest BCUT2D eigenvalue weighted by molar-refractivity contribution is 9.10. The molecule has 0 heterocycles. The number of hydrogen-bond donors (Lipinski definition) is 1. The molecular formula is C10H11BrClNOS. The maximum Gasteiger partial charge on any atom is 0.251 e. The van der Waals surface area contributed by atoms with Crippen molar-refractivity contribution in [2.24, 2.45) is 0 Å². The molecule has 1 N–H and O–H groups in total. The lowest BCUT2D eigenvalue weighted by atomic mass is 10.2. The van der Waals surface area contributed by atoms with Crippen LogP contribution in [0.15, 0.2) is 22.7 Å². The highest BCUT2D eigenvalue weighted by Crippen LogP contribution is 2.22. The fourth-order valence-corrected chi connectivity index (χ4v) is 1.74. The molecule has 0 spiro atoms. The molecule has 0 aliphatic carbocycles. The summed E-state index contributed by atoms with van der Waals surface area (Å²) in [5.41, 5.74) is 0.587. The Hall–Kier alpha value is -0.190. The van der Waals surface area contributed by atoms with Crippen molar-refractivity contribution in [2.75, 3.05) is 18.6 Å². The van der Waals surface area contributed by atoms with Crippen LogP contribution in [-0.4, -0.2) is 24.5 Å². The van der Waals surface area contributed by atoms with Crippen LogP contribution in [0, 0.1) is 0 Å². The first-order valence-electron chi connectivity index (χ1n) is 4.37. The van der Waals surface area contributed by atoms with Crippen LogP contribution in [0.1, 0.15) is 10.4 Å². The third-order valence-electron chi connectivity index (χ3n) is 1.77. The molecule has 0 aliphatic rings. The van der Waals surface area contributed by atoms with Crippen molar-refractivity contribution in [1.29, 1.82) is 0 Å². The minimum atomic E-state index is -0.0848. The number of amides is 1. The van der Waals surface area contributed by atoms with E-state index in [4.69, 9.17) is 11.6 Å². The van der Waals surface area contributed by atoms with Crippen molar-refractivity contribution < 1.29 is 4.79 Å². The Morgan fingerprint density at radius 1 is 1.60 bits per heavy atom. The number of nitrogens with one attached hydrogen (secondary N) is 1. The minimum Gasteiger partial charge on any atom is -0.351 e. The van der Waals surface area contributed by atoms with Gasteiger partial charge in [0.1, 0.15) is 0 Å². The largest absolute Gasteiger partial charge is 0.351 e. The van der Waals surface area contributed by atoms with E-state index in [0.29, 0.717) is 17.1 Å². The molecule has 0 saturated carbocycles. The summed E-state index contributed by atoms with van der Waals surface area (Å²) in [6.07, 6.45) is 2.00. The van der Waals surface area contributed by atoms with Gasteiger partial charge in [-0.25, -0.2) is 0 Å².